The van der Waals surface area contributed by atoms with Crippen LogP contribution >= 0.6 is 0 Å². The molecule has 0 fully saturated rings. The lowest BCUT2D eigenvalue weighted by Crippen LogP contribution is -2.24. The fourth-order valence-electron chi connectivity index (χ4n) is 1.49. The van der Waals surface area contributed by atoms with Crippen LogP contribution in [0, 0.1) is 5.82 Å². The van der Waals surface area contributed by atoms with Crippen LogP contribution in [0.3, 0.4) is 0 Å². The Morgan fingerprint density at radius 1 is 1.50 bits per heavy atom. The van der Waals surface area contributed by atoms with Crippen molar-refractivity contribution in [2.75, 3.05) is 12.4 Å². The monoisotopic (exact) mass is 250 g/mol. The average Bonchev–Trinajstić information content (AvgIpc) is 2.88. The highest BCUT2D eigenvalue weighted by Gasteiger charge is 2.14. The lowest BCUT2D eigenvalue weighted by Gasteiger charge is -2.09. The number of anilines is 1. The quantitative estimate of drug-likeness (QED) is 0.851. The van der Waals surface area contributed by atoms with Gasteiger partial charge in [-0.1, -0.05) is 11.2 Å². The number of amides is 1. The van der Waals surface area contributed by atoms with Crippen LogP contribution in [-0.4, -0.2) is 23.1 Å². The minimum Gasteiger partial charge on any atom is -0.385 e. The molecular formula is C11H11FN4O2. The minimum absolute atomic E-state index is 0.120. The highest BCUT2D eigenvalue weighted by atomic mass is 19.1. The maximum Gasteiger partial charge on any atom is 0.253 e. The minimum atomic E-state index is -0.482. The van der Waals surface area contributed by atoms with Gasteiger partial charge in [-0.15, -0.1) is 0 Å². The fraction of sp³-hybridized carbons (Fsp3) is 0.182. The van der Waals surface area contributed by atoms with E-state index in [4.69, 9.17) is 0 Å². The molecule has 6 nitrogen and oxygen atoms in total. The zero-order chi connectivity index (χ0) is 13.0. The van der Waals surface area contributed by atoms with Gasteiger partial charge in [0, 0.05) is 7.05 Å². The van der Waals surface area contributed by atoms with Crippen LogP contribution in [0.15, 0.2) is 29.1 Å². The number of hydrogen-bond donors (Lipinski definition) is 2. The van der Waals surface area contributed by atoms with Gasteiger partial charge in [0.1, 0.15) is 5.82 Å². The molecule has 2 N–H and O–H groups in total. The van der Waals surface area contributed by atoms with E-state index in [-0.39, 0.29) is 17.8 Å². The molecule has 0 aliphatic heterocycles. The van der Waals surface area contributed by atoms with E-state index in [1.807, 2.05) is 0 Å². The molecule has 0 aliphatic carbocycles. The first-order valence-corrected chi connectivity index (χ1v) is 5.22. The zero-order valence-electron chi connectivity index (χ0n) is 9.61. The predicted molar refractivity (Wildman–Crippen MR) is 61.4 cm³/mol. The summed E-state index contributed by atoms with van der Waals surface area (Å²) >= 11 is 0. The average molecular weight is 250 g/mol. The van der Waals surface area contributed by atoms with Gasteiger partial charge in [0.25, 0.3) is 5.91 Å². The molecule has 0 saturated carbocycles. The summed E-state index contributed by atoms with van der Waals surface area (Å²) in [4.78, 5) is 15.6. The van der Waals surface area contributed by atoms with Crippen LogP contribution < -0.4 is 10.6 Å². The number of benzene rings is 1. The Hall–Kier alpha value is -2.44. The second kappa shape index (κ2) is 5.26. The molecule has 1 amide bonds. The molecule has 0 unspecified atom stereocenters. The molecule has 7 heteroatoms. The summed E-state index contributed by atoms with van der Waals surface area (Å²) in [6, 6.07) is 4.28. The van der Waals surface area contributed by atoms with Gasteiger partial charge in [0.05, 0.1) is 17.8 Å². The van der Waals surface area contributed by atoms with Gasteiger partial charge in [0.2, 0.25) is 6.39 Å². The molecule has 1 aromatic carbocycles. The van der Waals surface area contributed by atoms with Crippen molar-refractivity contribution < 1.29 is 13.7 Å². The Morgan fingerprint density at radius 2 is 2.33 bits per heavy atom. The maximum atomic E-state index is 13.4. The van der Waals surface area contributed by atoms with E-state index in [2.05, 4.69) is 25.3 Å². The largest absolute Gasteiger partial charge is 0.385 e. The van der Waals surface area contributed by atoms with Gasteiger partial charge in [-0.05, 0) is 12.1 Å². The zero-order valence-corrected chi connectivity index (χ0v) is 9.61. The molecule has 0 saturated heterocycles. The number of carbonyl (C=O) groups excluding carboxylic acids is 1. The van der Waals surface area contributed by atoms with Gasteiger partial charge in [-0.3, -0.25) is 4.79 Å². The summed E-state index contributed by atoms with van der Waals surface area (Å²) in [5, 5.41) is 8.78. The SMILES string of the molecule is CNc1c(F)cccc1C(=O)NCc1ncon1. The van der Waals surface area contributed by atoms with Gasteiger partial charge in [-0.2, -0.15) is 4.98 Å². The van der Waals surface area contributed by atoms with Gasteiger partial charge < -0.3 is 15.2 Å². The molecule has 0 radical (unpaired) electrons. The number of carbonyl (C=O) groups is 1. The van der Waals surface area contributed by atoms with Crippen LogP contribution in [-0.2, 0) is 6.54 Å². The maximum absolute atomic E-state index is 13.4. The van der Waals surface area contributed by atoms with Crippen molar-refractivity contribution in [1.29, 1.82) is 0 Å². The van der Waals surface area contributed by atoms with Gasteiger partial charge in [0.15, 0.2) is 5.82 Å². The fourth-order valence-corrected chi connectivity index (χ4v) is 1.49. The van der Waals surface area contributed by atoms with Crippen LogP contribution in [0.4, 0.5) is 10.1 Å². The van der Waals surface area contributed by atoms with Crippen LogP contribution in [0.1, 0.15) is 16.2 Å². The van der Waals surface area contributed by atoms with Gasteiger partial charge >= 0.3 is 0 Å². The Kier molecular flexibility index (Phi) is 3.52. The number of rotatable bonds is 4. The molecule has 2 aromatic rings. The first kappa shape index (κ1) is 12.0. The topological polar surface area (TPSA) is 80.0 Å². The lowest BCUT2D eigenvalue weighted by atomic mass is 10.1. The third kappa shape index (κ3) is 2.45. The third-order valence-corrected chi connectivity index (χ3v) is 2.32. The summed E-state index contributed by atoms with van der Waals surface area (Å²) in [5.74, 6) is -0.542. The Bertz CT molecular complexity index is 542. The summed E-state index contributed by atoms with van der Waals surface area (Å²) in [6.45, 7) is 0.120. The van der Waals surface area contributed by atoms with Crippen LogP contribution in [0.2, 0.25) is 0 Å². The normalized spacial score (nSPS) is 10.1. The molecule has 1 aromatic heterocycles. The first-order valence-electron chi connectivity index (χ1n) is 5.22. The first-order chi connectivity index (χ1) is 8.72. The van der Waals surface area contributed by atoms with E-state index in [0.29, 0.717) is 5.82 Å². The summed E-state index contributed by atoms with van der Waals surface area (Å²) < 4.78 is 18.0. The number of nitrogens with one attached hydrogen (secondary N) is 2. The van der Waals surface area contributed by atoms with E-state index in [0.717, 1.165) is 0 Å². The van der Waals surface area contributed by atoms with Crippen molar-refractivity contribution >= 4 is 11.6 Å². The summed E-state index contributed by atoms with van der Waals surface area (Å²) in [5.41, 5.74) is 0.379. The second-order valence-corrected chi connectivity index (χ2v) is 3.44. The highest BCUT2D eigenvalue weighted by Crippen LogP contribution is 2.18. The number of aromatic nitrogens is 2. The van der Waals surface area contributed by atoms with Crippen LogP contribution in [0.25, 0.3) is 0 Å². The van der Waals surface area contributed by atoms with E-state index < -0.39 is 11.7 Å². The third-order valence-electron chi connectivity index (χ3n) is 2.32. The molecule has 0 atom stereocenters. The Labute approximate surface area is 102 Å². The number of halogens is 1. The molecular weight excluding hydrogens is 239 g/mol. The highest BCUT2D eigenvalue weighted by molar-refractivity contribution is 5.99. The molecule has 0 spiro atoms. The van der Waals surface area contributed by atoms with E-state index in [1.165, 1.54) is 24.6 Å². The Balaban J connectivity index is 2.11. The Morgan fingerprint density at radius 3 is 3.00 bits per heavy atom. The van der Waals surface area contributed by atoms with Crippen molar-refractivity contribution in [3.8, 4) is 0 Å². The van der Waals surface area contributed by atoms with E-state index in [9.17, 15) is 9.18 Å². The smallest absolute Gasteiger partial charge is 0.253 e. The summed E-state index contributed by atoms with van der Waals surface area (Å²) in [6.07, 6.45) is 1.17. The van der Waals surface area contributed by atoms with Crippen molar-refractivity contribution in [3.63, 3.8) is 0 Å². The molecule has 2 rings (SSSR count). The molecule has 1 heterocycles. The predicted octanol–water partition coefficient (Wildman–Crippen LogP) is 1.18. The molecule has 94 valence electrons. The van der Waals surface area contributed by atoms with Crippen molar-refractivity contribution in [2.45, 2.75) is 6.54 Å². The number of para-hydroxylation sites is 1. The molecule has 0 bridgehead atoms. The molecule has 0 aliphatic rings. The second-order valence-electron chi connectivity index (χ2n) is 3.44. The van der Waals surface area contributed by atoms with Crippen molar-refractivity contribution in [2.24, 2.45) is 0 Å². The van der Waals surface area contributed by atoms with E-state index >= 15 is 0 Å². The van der Waals surface area contributed by atoms with Crippen molar-refractivity contribution in [1.82, 2.24) is 15.5 Å². The standard InChI is InChI=1S/C11H11FN4O2/c1-13-10-7(3-2-4-8(10)12)11(17)14-5-9-15-6-18-16-9/h2-4,6,13H,5H2,1H3,(H,14,17). The van der Waals surface area contributed by atoms with Crippen LogP contribution in [0.5, 0.6) is 0 Å². The van der Waals surface area contributed by atoms with Crippen molar-refractivity contribution in [3.05, 3.63) is 41.8 Å². The number of hydrogen-bond acceptors (Lipinski definition) is 5. The van der Waals surface area contributed by atoms with Gasteiger partial charge in [-0.25, -0.2) is 4.39 Å². The lowest BCUT2D eigenvalue weighted by molar-refractivity contribution is 0.0950. The van der Waals surface area contributed by atoms with E-state index in [1.54, 1.807) is 7.05 Å². The molecule has 18 heavy (non-hydrogen) atoms. The summed E-state index contributed by atoms with van der Waals surface area (Å²) in [7, 11) is 1.55. The number of nitrogens with zero attached hydrogens (tertiary/aromatic N) is 2.